The molecule has 82 valence electrons. The number of thiocarbonyl (C=S) groups is 1. The normalized spacial score (nSPS) is 9.47. The Balaban J connectivity index is 2.52. The third kappa shape index (κ3) is 4.16. The van der Waals surface area contributed by atoms with Gasteiger partial charge in [-0.05, 0) is 50.3 Å². The van der Waals surface area contributed by atoms with Crippen LogP contribution in [-0.4, -0.2) is 18.4 Å². The predicted molar refractivity (Wildman–Crippen MR) is 65.5 cm³/mol. The molecule has 0 aliphatic carbocycles. The smallest absolute Gasteiger partial charge is 0.261 e. The molecule has 1 rings (SSSR count). The molecule has 0 spiro atoms. The van der Waals surface area contributed by atoms with Crippen LogP contribution in [0.3, 0.4) is 0 Å². The van der Waals surface area contributed by atoms with E-state index in [9.17, 15) is 0 Å². The number of ether oxygens (including phenoxy) is 2. The van der Waals surface area contributed by atoms with Crippen LogP contribution in [-0.2, 0) is 4.74 Å². The molecule has 1 aromatic rings. The highest BCUT2D eigenvalue weighted by atomic mass is 32.1. The van der Waals surface area contributed by atoms with Gasteiger partial charge in [0.1, 0.15) is 5.75 Å². The molecule has 0 aromatic heterocycles. The minimum absolute atomic E-state index is 0.390. The molecule has 0 bridgehead atoms. The Kier molecular flexibility index (Phi) is 4.90. The van der Waals surface area contributed by atoms with Gasteiger partial charge >= 0.3 is 0 Å². The molecule has 0 fully saturated rings. The van der Waals surface area contributed by atoms with Crippen molar-refractivity contribution < 1.29 is 9.47 Å². The Morgan fingerprint density at radius 1 is 1.20 bits per heavy atom. The largest absolute Gasteiger partial charge is 0.494 e. The van der Waals surface area contributed by atoms with Crippen molar-refractivity contribution in [2.45, 2.75) is 13.8 Å². The van der Waals surface area contributed by atoms with Gasteiger partial charge in [0.2, 0.25) is 0 Å². The molecule has 0 aliphatic rings. The van der Waals surface area contributed by atoms with Crippen molar-refractivity contribution in [1.29, 1.82) is 0 Å². The lowest BCUT2D eigenvalue weighted by Gasteiger charge is -2.08. The van der Waals surface area contributed by atoms with E-state index in [0.29, 0.717) is 18.4 Å². The van der Waals surface area contributed by atoms with Gasteiger partial charge in [-0.15, -0.1) is 0 Å². The van der Waals surface area contributed by atoms with Crippen molar-refractivity contribution >= 4 is 23.1 Å². The second-order valence-electron chi connectivity index (χ2n) is 2.80. The first-order valence-electron chi connectivity index (χ1n) is 4.93. The molecule has 15 heavy (non-hydrogen) atoms. The highest BCUT2D eigenvalue weighted by molar-refractivity contribution is 7.80. The van der Waals surface area contributed by atoms with Crippen LogP contribution in [0.25, 0.3) is 0 Å². The van der Waals surface area contributed by atoms with E-state index in [1.54, 1.807) is 0 Å². The minimum atomic E-state index is 0.390. The lowest BCUT2D eigenvalue weighted by atomic mass is 10.3. The predicted octanol–water partition coefficient (Wildman–Crippen LogP) is 2.82. The SMILES string of the molecule is CCOC(=S)Nc1ccc(OCC)cc1. The Bertz CT molecular complexity index is 311. The molecular formula is C11H15NO2S. The number of nitrogens with one attached hydrogen (secondary N) is 1. The molecule has 0 saturated heterocycles. The van der Waals surface area contributed by atoms with E-state index < -0.39 is 0 Å². The fourth-order valence-corrected chi connectivity index (χ4v) is 1.32. The molecule has 1 N–H and O–H groups in total. The first kappa shape index (κ1) is 11.8. The molecule has 3 nitrogen and oxygen atoms in total. The molecule has 0 atom stereocenters. The van der Waals surface area contributed by atoms with Crippen molar-refractivity contribution in [3.8, 4) is 5.75 Å². The summed E-state index contributed by atoms with van der Waals surface area (Å²) in [6.07, 6.45) is 0. The Morgan fingerprint density at radius 2 is 1.87 bits per heavy atom. The zero-order valence-corrected chi connectivity index (χ0v) is 9.76. The summed E-state index contributed by atoms with van der Waals surface area (Å²) in [4.78, 5) is 0. The van der Waals surface area contributed by atoms with Crippen molar-refractivity contribution in [3.63, 3.8) is 0 Å². The summed E-state index contributed by atoms with van der Waals surface area (Å²) < 4.78 is 10.4. The van der Waals surface area contributed by atoms with Gasteiger partial charge in [0.25, 0.3) is 5.17 Å². The fourth-order valence-electron chi connectivity index (χ4n) is 1.09. The molecule has 4 heteroatoms. The monoisotopic (exact) mass is 225 g/mol. The van der Waals surface area contributed by atoms with Crippen LogP contribution < -0.4 is 10.1 Å². The van der Waals surface area contributed by atoms with E-state index in [2.05, 4.69) is 5.32 Å². The van der Waals surface area contributed by atoms with Crippen LogP contribution in [0, 0.1) is 0 Å². The molecule has 0 radical (unpaired) electrons. The van der Waals surface area contributed by atoms with Crippen LogP contribution in [0.1, 0.15) is 13.8 Å². The van der Waals surface area contributed by atoms with Gasteiger partial charge in [-0.2, -0.15) is 0 Å². The van der Waals surface area contributed by atoms with E-state index in [4.69, 9.17) is 21.7 Å². The van der Waals surface area contributed by atoms with Gasteiger partial charge < -0.3 is 14.8 Å². The van der Waals surface area contributed by atoms with Crippen molar-refractivity contribution in [2.75, 3.05) is 18.5 Å². The zero-order chi connectivity index (χ0) is 11.1. The molecule has 0 amide bonds. The highest BCUT2D eigenvalue weighted by Gasteiger charge is 1.97. The Hall–Kier alpha value is -1.29. The first-order chi connectivity index (χ1) is 7.26. The minimum Gasteiger partial charge on any atom is -0.494 e. The second kappa shape index (κ2) is 6.24. The highest BCUT2D eigenvalue weighted by Crippen LogP contribution is 2.15. The molecule has 0 saturated carbocycles. The van der Waals surface area contributed by atoms with Crippen molar-refractivity contribution in [2.24, 2.45) is 0 Å². The standard InChI is InChI=1S/C11H15NO2S/c1-3-13-10-7-5-9(6-8-10)12-11(15)14-4-2/h5-8H,3-4H2,1-2H3,(H,12,15). The van der Waals surface area contributed by atoms with E-state index in [1.165, 1.54) is 0 Å². The summed E-state index contributed by atoms with van der Waals surface area (Å²) >= 11 is 4.95. The zero-order valence-electron chi connectivity index (χ0n) is 8.95. The second-order valence-corrected chi connectivity index (χ2v) is 3.17. The topological polar surface area (TPSA) is 30.5 Å². The van der Waals surface area contributed by atoms with E-state index in [0.717, 1.165) is 11.4 Å². The number of anilines is 1. The average Bonchev–Trinajstić information content (AvgIpc) is 2.22. The summed E-state index contributed by atoms with van der Waals surface area (Å²) in [6.45, 7) is 5.09. The molecular weight excluding hydrogens is 210 g/mol. The quantitative estimate of drug-likeness (QED) is 0.798. The lowest BCUT2D eigenvalue weighted by Crippen LogP contribution is -2.12. The maximum Gasteiger partial charge on any atom is 0.261 e. The summed E-state index contributed by atoms with van der Waals surface area (Å²) in [5, 5.41) is 3.36. The number of hydrogen-bond donors (Lipinski definition) is 1. The van der Waals surface area contributed by atoms with Gasteiger partial charge in [-0.3, -0.25) is 0 Å². The van der Waals surface area contributed by atoms with Crippen molar-refractivity contribution in [1.82, 2.24) is 0 Å². The molecule has 0 unspecified atom stereocenters. The number of hydrogen-bond acceptors (Lipinski definition) is 3. The summed E-state index contributed by atoms with van der Waals surface area (Å²) in [5.74, 6) is 0.852. The van der Waals surface area contributed by atoms with E-state index in [-0.39, 0.29) is 0 Å². The maximum atomic E-state index is 5.32. The van der Waals surface area contributed by atoms with Crippen molar-refractivity contribution in [3.05, 3.63) is 24.3 Å². The van der Waals surface area contributed by atoms with Crippen LogP contribution in [0.4, 0.5) is 5.69 Å². The Morgan fingerprint density at radius 3 is 2.40 bits per heavy atom. The summed E-state index contributed by atoms with van der Waals surface area (Å²) in [5.41, 5.74) is 0.900. The van der Waals surface area contributed by atoms with Gasteiger partial charge in [0.15, 0.2) is 0 Å². The van der Waals surface area contributed by atoms with Crippen LogP contribution >= 0.6 is 12.2 Å². The first-order valence-corrected chi connectivity index (χ1v) is 5.33. The Labute approximate surface area is 95.4 Å². The summed E-state index contributed by atoms with van der Waals surface area (Å²) in [7, 11) is 0. The van der Waals surface area contributed by atoms with E-state index >= 15 is 0 Å². The third-order valence-electron chi connectivity index (χ3n) is 1.69. The summed E-state index contributed by atoms with van der Waals surface area (Å²) in [6, 6.07) is 7.58. The van der Waals surface area contributed by atoms with Gasteiger partial charge in [0, 0.05) is 5.69 Å². The number of rotatable bonds is 4. The van der Waals surface area contributed by atoms with Gasteiger partial charge in [-0.25, -0.2) is 0 Å². The maximum absolute atomic E-state index is 5.32. The molecule has 0 aliphatic heterocycles. The number of benzene rings is 1. The molecule has 1 aromatic carbocycles. The lowest BCUT2D eigenvalue weighted by molar-refractivity contribution is 0.335. The van der Waals surface area contributed by atoms with Crippen LogP contribution in [0.2, 0.25) is 0 Å². The van der Waals surface area contributed by atoms with Gasteiger partial charge in [-0.1, -0.05) is 0 Å². The van der Waals surface area contributed by atoms with E-state index in [1.807, 2.05) is 38.1 Å². The fraction of sp³-hybridized carbons (Fsp3) is 0.364. The average molecular weight is 225 g/mol. The van der Waals surface area contributed by atoms with Crippen LogP contribution in [0.5, 0.6) is 5.75 Å². The van der Waals surface area contributed by atoms with Crippen LogP contribution in [0.15, 0.2) is 24.3 Å². The third-order valence-corrected chi connectivity index (χ3v) is 1.91. The molecule has 0 heterocycles. The van der Waals surface area contributed by atoms with Gasteiger partial charge in [0.05, 0.1) is 13.2 Å².